The van der Waals surface area contributed by atoms with Crippen molar-refractivity contribution >= 4 is 27.9 Å². The molecule has 0 atom stereocenters. The molecule has 0 radical (unpaired) electrons. The summed E-state index contributed by atoms with van der Waals surface area (Å²) in [4.78, 5) is 11.4. The van der Waals surface area contributed by atoms with E-state index < -0.39 is 18.5 Å². The van der Waals surface area contributed by atoms with Gasteiger partial charge in [-0.2, -0.15) is 13.2 Å². The lowest BCUT2D eigenvalue weighted by atomic mass is 10.3. The molecule has 0 aromatic carbocycles. The summed E-state index contributed by atoms with van der Waals surface area (Å²) >= 11 is 0.977. The number of halogens is 3. The van der Waals surface area contributed by atoms with Crippen LogP contribution in [0.3, 0.4) is 0 Å². The highest BCUT2D eigenvalue weighted by molar-refractivity contribution is 7.19. The Morgan fingerprint density at radius 1 is 1.43 bits per heavy atom. The first-order valence-electron chi connectivity index (χ1n) is 6.31. The van der Waals surface area contributed by atoms with Crippen LogP contribution in [0.5, 0.6) is 5.75 Å². The van der Waals surface area contributed by atoms with Gasteiger partial charge in [-0.3, -0.25) is 4.79 Å². The third kappa shape index (κ3) is 5.33. The Labute approximate surface area is 124 Å². The number of thiophene rings is 1. The zero-order valence-electron chi connectivity index (χ0n) is 11.7. The Bertz CT molecular complexity index is 501. The highest BCUT2D eigenvalue weighted by Crippen LogP contribution is 2.43. The monoisotopic (exact) mass is 325 g/mol. The van der Waals surface area contributed by atoms with E-state index in [4.69, 9.17) is 16.2 Å². The van der Waals surface area contributed by atoms with Crippen LogP contribution in [-0.2, 0) is 0 Å². The molecule has 0 aliphatic carbocycles. The Balaban J connectivity index is 2.80. The topological polar surface area (TPSA) is 90.4 Å². The molecule has 5 nitrogen and oxygen atoms in total. The summed E-state index contributed by atoms with van der Waals surface area (Å²) in [6, 6.07) is 0. The van der Waals surface area contributed by atoms with Gasteiger partial charge < -0.3 is 21.5 Å². The van der Waals surface area contributed by atoms with Gasteiger partial charge in [0.05, 0.1) is 6.10 Å². The van der Waals surface area contributed by atoms with Crippen molar-refractivity contribution in [1.82, 2.24) is 0 Å². The number of hydrogen-bond donors (Lipinski definition) is 3. The van der Waals surface area contributed by atoms with Gasteiger partial charge >= 0.3 is 6.18 Å². The normalized spacial score (nSPS) is 11.7. The van der Waals surface area contributed by atoms with Gasteiger partial charge in [-0.15, -0.1) is 11.3 Å². The summed E-state index contributed by atoms with van der Waals surface area (Å²) in [6.45, 7) is 3.63. The second-order valence-corrected chi connectivity index (χ2v) is 5.70. The molecule has 0 bridgehead atoms. The van der Waals surface area contributed by atoms with Gasteiger partial charge in [-0.25, -0.2) is 0 Å². The second kappa shape index (κ2) is 6.88. The molecule has 5 N–H and O–H groups in total. The number of rotatable bonds is 7. The molecule has 0 fully saturated rings. The number of amides is 1. The minimum Gasteiger partial charge on any atom is -0.486 e. The number of carbonyl (C=O) groups is 1. The van der Waals surface area contributed by atoms with Crippen molar-refractivity contribution in [3.63, 3.8) is 0 Å². The van der Waals surface area contributed by atoms with Crippen LogP contribution in [-0.4, -0.2) is 24.7 Å². The average Bonchev–Trinajstić information content (AvgIpc) is 2.61. The lowest BCUT2D eigenvalue weighted by molar-refractivity contribution is -0.134. The van der Waals surface area contributed by atoms with E-state index in [-0.39, 0.29) is 35.4 Å². The molecule has 0 saturated heterocycles. The fourth-order valence-corrected chi connectivity index (χ4v) is 2.50. The zero-order valence-corrected chi connectivity index (χ0v) is 12.5. The molecule has 1 aromatic heterocycles. The maximum atomic E-state index is 12.1. The Morgan fingerprint density at radius 2 is 2.05 bits per heavy atom. The number of hydrogen-bond acceptors (Lipinski definition) is 5. The van der Waals surface area contributed by atoms with Gasteiger partial charge in [0.1, 0.15) is 15.6 Å². The van der Waals surface area contributed by atoms with Gasteiger partial charge in [0.15, 0.2) is 5.75 Å². The van der Waals surface area contributed by atoms with Crippen molar-refractivity contribution in [1.29, 1.82) is 0 Å². The Morgan fingerprint density at radius 3 is 2.52 bits per heavy atom. The van der Waals surface area contributed by atoms with Crippen molar-refractivity contribution in [2.45, 2.75) is 39.0 Å². The SMILES string of the molecule is CC(C)Oc1c(NCCCC(F)(F)F)sc(C(N)=O)c1N. The number of carbonyl (C=O) groups excluding carboxylic acids is 1. The lowest BCUT2D eigenvalue weighted by Gasteiger charge is -2.13. The van der Waals surface area contributed by atoms with Crippen LogP contribution in [0.25, 0.3) is 0 Å². The van der Waals surface area contributed by atoms with Crippen molar-refractivity contribution in [3.05, 3.63) is 4.88 Å². The first-order valence-corrected chi connectivity index (χ1v) is 7.12. The summed E-state index contributed by atoms with van der Waals surface area (Å²) in [6.07, 6.45) is -5.36. The minimum atomic E-state index is -4.19. The molecule has 0 unspecified atom stereocenters. The predicted octanol–water partition coefficient (Wildman–Crippen LogP) is 2.97. The van der Waals surface area contributed by atoms with E-state index in [1.54, 1.807) is 13.8 Å². The maximum Gasteiger partial charge on any atom is 0.389 e. The van der Waals surface area contributed by atoms with E-state index in [2.05, 4.69) is 5.32 Å². The molecule has 0 aliphatic heterocycles. The lowest BCUT2D eigenvalue weighted by Crippen LogP contribution is -2.13. The third-order valence-electron chi connectivity index (χ3n) is 2.40. The van der Waals surface area contributed by atoms with E-state index in [9.17, 15) is 18.0 Å². The summed E-state index contributed by atoms with van der Waals surface area (Å²) in [5.41, 5.74) is 11.1. The standard InChI is InChI=1S/C12H18F3N3O2S/c1-6(2)20-8-7(16)9(10(17)19)21-11(8)18-5-3-4-12(13,14)15/h6,18H,3-5,16H2,1-2H3,(H2,17,19). The Hall–Kier alpha value is -1.64. The summed E-state index contributed by atoms with van der Waals surface area (Å²) in [5.74, 6) is -0.440. The largest absolute Gasteiger partial charge is 0.486 e. The molecule has 1 amide bonds. The predicted molar refractivity (Wildman–Crippen MR) is 76.8 cm³/mol. The third-order valence-corrected chi connectivity index (χ3v) is 3.56. The van der Waals surface area contributed by atoms with Crippen molar-refractivity contribution in [3.8, 4) is 5.75 Å². The molecule has 0 aliphatic rings. The van der Waals surface area contributed by atoms with Crippen LogP contribution >= 0.6 is 11.3 Å². The number of nitrogens with one attached hydrogen (secondary N) is 1. The molecule has 120 valence electrons. The number of nitrogen functional groups attached to an aromatic ring is 1. The number of anilines is 2. The molecule has 1 aromatic rings. The van der Waals surface area contributed by atoms with Crippen LogP contribution in [0.15, 0.2) is 0 Å². The van der Waals surface area contributed by atoms with E-state index in [1.165, 1.54) is 0 Å². The minimum absolute atomic E-state index is 0.0890. The molecule has 9 heteroatoms. The first kappa shape index (κ1) is 17.4. The fraction of sp³-hybridized carbons (Fsp3) is 0.583. The number of nitrogens with two attached hydrogens (primary N) is 2. The van der Waals surface area contributed by atoms with Gasteiger partial charge in [-0.05, 0) is 20.3 Å². The van der Waals surface area contributed by atoms with Crippen LogP contribution in [0, 0.1) is 0 Å². The molecular formula is C12H18F3N3O2S. The van der Waals surface area contributed by atoms with Crippen molar-refractivity contribution in [2.24, 2.45) is 5.73 Å². The quantitative estimate of drug-likeness (QED) is 0.672. The van der Waals surface area contributed by atoms with Gasteiger partial charge in [0.2, 0.25) is 0 Å². The summed E-state index contributed by atoms with van der Waals surface area (Å²) in [5, 5.41) is 3.23. The summed E-state index contributed by atoms with van der Waals surface area (Å²) < 4.78 is 41.7. The highest BCUT2D eigenvalue weighted by Gasteiger charge is 2.26. The van der Waals surface area contributed by atoms with E-state index in [0.29, 0.717) is 5.00 Å². The number of ether oxygens (including phenoxy) is 1. The number of alkyl halides is 3. The van der Waals surface area contributed by atoms with Gasteiger partial charge in [0.25, 0.3) is 5.91 Å². The smallest absolute Gasteiger partial charge is 0.389 e. The van der Waals surface area contributed by atoms with E-state index >= 15 is 0 Å². The Kier molecular flexibility index (Phi) is 5.70. The zero-order chi connectivity index (χ0) is 16.2. The molecular weight excluding hydrogens is 307 g/mol. The molecule has 0 spiro atoms. The first-order chi connectivity index (χ1) is 9.61. The van der Waals surface area contributed by atoms with E-state index in [0.717, 1.165) is 11.3 Å². The molecule has 21 heavy (non-hydrogen) atoms. The highest BCUT2D eigenvalue weighted by atomic mass is 32.1. The van der Waals surface area contributed by atoms with Crippen molar-refractivity contribution < 1.29 is 22.7 Å². The maximum absolute atomic E-state index is 12.1. The molecule has 1 rings (SSSR count). The fourth-order valence-electron chi connectivity index (χ4n) is 1.57. The average molecular weight is 325 g/mol. The summed E-state index contributed by atoms with van der Waals surface area (Å²) in [7, 11) is 0. The molecule has 1 heterocycles. The van der Waals surface area contributed by atoms with E-state index in [1.807, 2.05) is 0 Å². The van der Waals surface area contributed by atoms with Crippen LogP contribution in [0.4, 0.5) is 23.9 Å². The van der Waals surface area contributed by atoms with Crippen LogP contribution in [0.1, 0.15) is 36.4 Å². The second-order valence-electron chi connectivity index (χ2n) is 4.68. The number of primary amides is 1. The van der Waals surface area contributed by atoms with Crippen LogP contribution in [0.2, 0.25) is 0 Å². The van der Waals surface area contributed by atoms with Crippen molar-refractivity contribution in [2.75, 3.05) is 17.6 Å². The van der Waals surface area contributed by atoms with Gasteiger partial charge in [-0.1, -0.05) is 0 Å². The van der Waals surface area contributed by atoms with Crippen LogP contribution < -0.4 is 21.5 Å². The van der Waals surface area contributed by atoms with Gasteiger partial charge in [0, 0.05) is 13.0 Å². The molecule has 0 saturated carbocycles.